The fourth-order valence-corrected chi connectivity index (χ4v) is 2.57. The van der Waals surface area contributed by atoms with Crippen molar-refractivity contribution in [1.82, 2.24) is 10.2 Å². The Kier molecular flexibility index (Phi) is 3.25. The normalized spacial score (nSPS) is 28.3. The van der Waals surface area contributed by atoms with E-state index in [1.165, 1.54) is 0 Å². The molecule has 2 fully saturated rings. The molecule has 3 heterocycles. The minimum Gasteiger partial charge on any atom is -0.405 e. The van der Waals surface area contributed by atoms with Crippen LogP contribution in [0.25, 0.3) is 0 Å². The van der Waals surface area contributed by atoms with Crippen LogP contribution in [0.1, 0.15) is 31.3 Å². The zero-order chi connectivity index (χ0) is 12.5. The van der Waals surface area contributed by atoms with Crippen molar-refractivity contribution < 1.29 is 13.9 Å². The monoisotopic (exact) mass is 269 g/mol. The molecule has 18 heavy (non-hydrogen) atoms. The lowest BCUT2D eigenvalue weighted by atomic mass is 10.1. The van der Waals surface area contributed by atoms with Gasteiger partial charge >= 0.3 is 6.01 Å². The van der Waals surface area contributed by atoms with E-state index in [4.69, 9.17) is 9.15 Å². The predicted molar refractivity (Wildman–Crippen MR) is 66.5 cm³/mol. The number of anilines is 1. The molecule has 0 spiro atoms. The van der Waals surface area contributed by atoms with Gasteiger partial charge in [0.25, 0.3) is 0 Å². The number of amides is 1. The molecule has 1 aromatic heterocycles. The van der Waals surface area contributed by atoms with Gasteiger partial charge in [0.2, 0.25) is 11.8 Å². The average molecular weight is 269 g/mol. The molecule has 0 saturated carbocycles. The minimum absolute atomic E-state index is 0.0246. The molecule has 6 nitrogen and oxygen atoms in total. The maximum absolute atomic E-state index is 11.8. The Bertz CT molecular complexity index is 444. The quantitative estimate of drug-likeness (QED) is 0.835. The van der Waals surface area contributed by atoms with Gasteiger partial charge in [-0.15, -0.1) is 5.10 Å². The predicted octanol–water partition coefficient (Wildman–Crippen LogP) is 1.20. The maximum atomic E-state index is 11.8. The topological polar surface area (TPSA) is 68.5 Å². The van der Waals surface area contributed by atoms with Crippen molar-refractivity contribution in [3.8, 4) is 0 Å². The Morgan fingerprint density at radius 1 is 1.44 bits per heavy atom. The van der Waals surface area contributed by atoms with Gasteiger partial charge in [0.1, 0.15) is 6.10 Å². The molecule has 0 aromatic carbocycles. The van der Waals surface area contributed by atoms with Crippen LogP contribution in [0.4, 0.5) is 6.01 Å². The van der Waals surface area contributed by atoms with E-state index < -0.39 is 0 Å². The van der Waals surface area contributed by atoms with Gasteiger partial charge in [0, 0.05) is 19.6 Å². The third-order valence-electron chi connectivity index (χ3n) is 3.33. The molecule has 98 valence electrons. The van der Waals surface area contributed by atoms with Crippen LogP contribution in [0.2, 0.25) is 0 Å². The second kappa shape index (κ2) is 4.89. The molecule has 0 bridgehead atoms. The van der Waals surface area contributed by atoms with Crippen LogP contribution < -0.4 is 4.90 Å². The second-order valence-electron chi connectivity index (χ2n) is 4.68. The van der Waals surface area contributed by atoms with Crippen molar-refractivity contribution in [2.24, 2.45) is 5.92 Å². The van der Waals surface area contributed by atoms with E-state index in [2.05, 4.69) is 22.8 Å². The van der Waals surface area contributed by atoms with Crippen molar-refractivity contribution in [3.05, 3.63) is 5.89 Å². The molecular weight excluding hydrogens is 254 g/mol. The lowest BCUT2D eigenvalue weighted by Gasteiger charge is -2.10. The Labute approximate surface area is 110 Å². The highest BCUT2D eigenvalue weighted by atomic mass is 32.1. The number of hydrogen-bond donors (Lipinski definition) is 1. The van der Waals surface area contributed by atoms with Crippen LogP contribution in [0.3, 0.4) is 0 Å². The summed E-state index contributed by atoms with van der Waals surface area (Å²) < 4.78 is 11.0. The van der Waals surface area contributed by atoms with E-state index in [-0.39, 0.29) is 23.9 Å². The number of nitrogens with zero attached hydrogens (tertiary/aromatic N) is 3. The van der Waals surface area contributed by atoms with Crippen molar-refractivity contribution in [2.75, 3.05) is 23.8 Å². The fraction of sp³-hybridized carbons (Fsp3) is 0.727. The number of carbonyl (C=O) groups excluding carboxylic acids is 1. The third kappa shape index (κ3) is 2.12. The first kappa shape index (κ1) is 12.0. The average Bonchev–Trinajstić information content (AvgIpc) is 3.08. The summed E-state index contributed by atoms with van der Waals surface area (Å²) in [4.78, 5) is 13.4. The Morgan fingerprint density at radius 2 is 2.33 bits per heavy atom. The third-order valence-corrected chi connectivity index (χ3v) is 3.85. The van der Waals surface area contributed by atoms with E-state index in [1.54, 1.807) is 4.90 Å². The largest absolute Gasteiger partial charge is 0.405 e. The molecular formula is C11H15N3O3S. The number of aromatic nitrogens is 2. The molecule has 2 atom stereocenters. The number of rotatable bonds is 3. The summed E-state index contributed by atoms with van der Waals surface area (Å²) >= 11 is 4.22. The summed E-state index contributed by atoms with van der Waals surface area (Å²) in [5.41, 5.74) is 0. The summed E-state index contributed by atoms with van der Waals surface area (Å²) in [7, 11) is 0. The van der Waals surface area contributed by atoms with Gasteiger partial charge in [-0.05, 0) is 24.5 Å². The molecule has 1 amide bonds. The number of ether oxygens (including phenoxy) is 1. The van der Waals surface area contributed by atoms with Crippen LogP contribution in [0.5, 0.6) is 0 Å². The van der Waals surface area contributed by atoms with Gasteiger partial charge < -0.3 is 9.15 Å². The Morgan fingerprint density at radius 3 is 3.00 bits per heavy atom. The van der Waals surface area contributed by atoms with Gasteiger partial charge in [0.15, 0.2) is 0 Å². The van der Waals surface area contributed by atoms with Crippen molar-refractivity contribution in [1.29, 1.82) is 0 Å². The molecule has 1 aromatic rings. The van der Waals surface area contributed by atoms with E-state index in [1.807, 2.05) is 0 Å². The first-order chi connectivity index (χ1) is 8.78. The SMILES string of the molecule is O=C1CC(CS)CN1c1nnc(C2CCCO2)o1. The summed E-state index contributed by atoms with van der Waals surface area (Å²) in [6.45, 7) is 1.34. The summed E-state index contributed by atoms with van der Waals surface area (Å²) in [5, 5.41) is 7.92. The van der Waals surface area contributed by atoms with Crippen LogP contribution in [0, 0.1) is 5.92 Å². The zero-order valence-corrected chi connectivity index (χ0v) is 10.8. The van der Waals surface area contributed by atoms with Crippen LogP contribution >= 0.6 is 12.6 Å². The minimum atomic E-state index is -0.107. The lowest BCUT2D eigenvalue weighted by molar-refractivity contribution is -0.117. The second-order valence-corrected chi connectivity index (χ2v) is 5.05. The van der Waals surface area contributed by atoms with Crippen LogP contribution in [-0.4, -0.2) is 35.0 Å². The molecule has 0 radical (unpaired) electrons. The van der Waals surface area contributed by atoms with Crippen LogP contribution in [-0.2, 0) is 9.53 Å². The first-order valence-corrected chi connectivity index (χ1v) is 6.77. The molecule has 0 aliphatic carbocycles. The highest BCUT2D eigenvalue weighted by molar-refractivity contribution is 7.80. The highest BCUT2D eigenvalue weighted by Crippen LogP contribution is 2.30. The van der Waals surface area contributed by atoms with Gasteiger partial charge in [0.05, 0.1) is 0 Å². The van der Waals surface area contributed by atoms with E-state index >= 15 is 0 Å². The van der Waals surface area contributed by atoms with Crippen molar-refractivity contribution in [2.45, 2.75) is 25.4 Å². The highest BCUT2D eigenvalue weighted by Gasteiger charge is 2.34. The number of hydrogen-bond acceptors (Lipinski definition) is 6. The first-order valence-electron chi connectivity index (χ1n) is 6.14. The molecule has 2 unspecified atom stereocenters. The van der Waals surface area contributed by atoms with Crippen molar-refractivity contribution >= 4 is 24.6 Å². The molecule has 3 rings (SSSR count). The number of carbonyl (C=O) groups is 1. The lowest BCUT2D eigenvalue weighted by Crippen LogP contribution is -2.25. The summed E-state index contributed by atoms with van der Waals surface area (Å²) in [6.07, 6.45) is 2.30. The van der Waals surface area contributed by atoms with Gasteiger partial charge in [-0.1, -0.05) is 5.10 Å². The van der Waals surface area contributed by atoms with E-state index in [0.29, 0.717) is 24.6 Å². The van der Waals surface area contributed by atoms with E-state index in [0.717, 1.165) is 19.4 Å². The van der Waals surface area contributed by atoms with Gasteiger partial charge in [-0.3, -0.25) is 9.69 Å². The molecule has 2 aliphatic rings. The molecule has 2 aliphatic heterocycles. The standard InChI is InChI=1S/C11H15N3O3S/c15-9-4-7(6-18)5-14(9)11-13-12-10(17-11)8-2-1-3-16-8/h7-8,18H,1-6H2. The summed E-state index contributed by atoms with van der Waals surface area (Å²) in [6, 6.07) is 0.287. The Balaban J connectivity index is 1.74. The Hall–Kier alpha value is -1.08. The van der Waals surface area contributed by atoms with Crippen molar-refractivity contribution in [3.63, 3.8) is 0 Å². The molecule has 2 saturated heterocycles. The zero-order valence-electron chi connectivity index (χ0n) is 9.91. The molecule has 7 heteroatoms. The maximum Gasteiger partial charge on any atom is 0.325 e. The number of thiol groups is 1. The summed E-state index contributed by atoms with van der Waals surface area (Å²) in [5.74, 6) is 1.45. The van der Waals surface area contributed by atoms with E-state index in [9.17, 15) is 4.79 Å². The fourth-order valence-electron chi connectivity index (χ4n) is 2.33. The smallest absolute Gasteiger partial charge is 0.325 e. The van der Waals surface area contributed by atoms with Gasteiger partial charge in [-0.25, -0.2) is 0 Å². The molecule has 0 N–H and O–H groups in total. The van der Waals surface area contributed by atoms with Gasteiger partial charge in [-0.2, -0.15) is 12.6 Å². The van der Waals surface area contributed by atoms with Crippen LogP contribution in [0.15, 0.2) is 4.42 Å².